The van der Waals surface area contributed by atoms with Gasteiger partial charge in [-0.05, 0) is 150 Å². The summed E-state index contributed by atoms with van der Waals surface area (Å²) in [5.74, 6) is -8.03. The van der Waals surface area contributed by atoms with Crippen LogP contribution in [0.3, 0.4) is 0 Å². The Balaban J connectivity index is 0.000000249. The molecular formula is C65H80F3N9O19S4. The normalized spacial score (nSPS) is 12.9. The molecule has 544 valence electrons. The zero-order valence-electron chi connectivity index (χ0n) is 56.5. The Hall–Kier alpha value is -9.45. The molecule has 7 aromatic rings. The predicted octanol–water partition coefficient (Wildman–Crippen LogP) is 7.91. The number of esters is 3. The highest BCUT2D eigenvalue weighted by atomic mass is 32.2. The minimum atomic E-state index is -4.39. The van der Waals surface area contributed by atoms with Crippen LogP contribution in [0.4, 0.5) is 35.9 Å². The van der Waals surface area contributed by atoms with Crippen molar-refractivity contribution < 1.29 is 90.4 Å². The van der Waals surface area contributed by atoms with Crippen molar-refractivity contribution in [2.75, 3.05) is 52.8 Å². The molecule has 0 radical (unpaired) electrons. The third kappa shape index (κ3) is 22.0. The fraction of sp³-hybridized carbons (Fsp3) is 0.385. The van der Waals surface area contributed by atoms with Crippen molar-refractivity contribution in [3.8, 4) is 11.5 Å². The third-order valence-corrected chi connectivity index (χ3v) is 18.0. The molecule has 0 saturated carbocycles. The molecule has 1 atom stereocenters. The molecule has 1 aliphatic heterocycles. The number of fused-ring (bicyclic) bond motifs is 3. The Morgan fingerprint density at radius 3 is 1.59 bits per heavy atom. The van der Waals surface area contributed by atoms with Crippen LogP contribution in [-0.4, -0.2) is 120 Å². The third-order valence-electron chi connectivity index (χ3n) is 14.5. The molecule has 5 aromatic heterocycles. The van der Waals surface area contributed by atoms with Crippen molar-refractivity contribution in [3.63, 3.8) is 0 Å². The van der Waals surface area contributed by atoms with E-state index in [4.69, 9.17) is 25.1 Å². The maximum atomic E-state index is 14.0. The van der Waals surface area contributed by atoms with Gasteiger partial charge in [0.25, 0.3) is 21.1 Å². The number of aromatic nitrogens is 3. The summed E-state index contributed by atoms with van der Waals surface area (Å²) in [6.45, 7) is 16.9. The zero-order chi connectivity index (χ0) is 75.1. The maximum absolute atomic E-state index is 14.0. The van der Waals surface area contributed by atoms with Crippen LogP contribution in [0.25, 0.3) is 11.0 Å². The number of nitrogens with two attached hydrogens (primary N) is 2. The first kappa shape index (κ1) is 81.2. The van der Waals surface area contributed by atoms with Gasteiger partial charge in [-0.2, -0.15) is 8.42 Å². The average Bonchev–Trinajstić information content (AvgIpc) is 0.748. The number of hydrogen-bond donors (Lipinski definition) is 7. The first-order chi connectivity index (χ1) is 46.5. The summed E-state index contributed by atoms with van der Waals surface area (Å²) in [5.41, 5.74) is 4.78. The van der Waals surface area contributed by atoms with Crippen LogP contribution >= 0.6 is 0 Å². The van der Waals surface area contributed by atoms with E-state index in [1.165, 1.54) is 60.7 Å². The Bertz CT molecular complexity index is 4820. The number of anilines is 4. The lowest BCUT2D eigenvalue weighted by atomic mass is 9.85. The molecule has 0 saturated heterocycles. The molecule has 100 heavy (non-hydrogen) atoms. The number of carbonyl (C=O) groups is 4. The molecule has 9 N–H and O–H groups in total. The summed E-state index contributed by atoms with van der Waals surface area (Å²) in [6, 6.07) is 15.2. The van der Waals surface area contributed by atoms with Gasteiger partial charge in [-0.1, -0.05) is 41.5 Å². The second kappa shape index (κ2) is 34.6. The molecule has 1 aliphatic rings. The Morgan fingerprint density at radius 2 is 1.12 bits per heavy atom. The Labute approximate surface area is 576 Å². The van der Waals surface area contributed by atoms with Crippen LogP contribution in [0.5, 0.6) is 11.5 Å². The number of ketones is 1. The van der Waals surface area contributed by atoms with Gasteiger partial charge in [0, 0.05) is 34.9 Å². The van der Waals surface area contributed by atoms with E-state index >= 15 is 0 Å². The second-order valence-corrected chi connectivity index (χ2v) is 30.5. The van der Waals surface area contributed by atoms with Crippen molar-refractivity contribution in [1.82, 2.24) is 13.8 Å². The van der Waals surface area contributed by atoms with Crippen LogP contribution < -0.4 is 36.8 Å². The van der Waals surface area contributed by atoms with Crippen LogP contribution in [0.15, 0.2) is 115 Å². The minimum absolute atomic E-state index is 0.00958. The standard InChI is InChI=1S/C22H23FN4O6S2.C19H26FNO5.C17H20FNO4.C7H11N3O4S2/c1-12(2)4-7-15-17-9-5-13(23)11-27(17)22(29)19(20(15)28)21-24-16-8-6-14(25-34(3,30)31)10-18(16)35(32,33)26-21;1-5-25-18(23)16(19(24)26-6-2)17(22)14(9-7-12(3)4)15-10-8-13(20)11-21-15;1-4-23-17(22)14-15(20)12(7-5-10(2)3)13-8-6-11(18)9-19(13)16(14)21;1-15(11,12)10-5-2-3-6(8)7(4-5)16(9,13)14/h5-6,8-12,25,28H,4,7H2,1-3H3,(H,24,26);8,10-12,14,16H,5-7,9H2,1-4H3;6,8-10,20H,4-5,7H2,1-3H3;2-4,10H,8H2,1H3,(H2,9,13,14). The number of aromatic hydroxyl groups is 2. The highest BCUT2D eigenvalue weighted by Crippen LogP contribution is 2.35. The quantitative estimate of drug-likeness (QED) is 0.0131. The number of sulfonamides is 4. The van der Waals surface area contributed by atoms with Gasteiger partial charge >= 0.3 is 17.9 Å². The number of rotatable bonds is 24. The largest absolute Gasteiger partial charge is 0.507 e. The van der Waals surface area contributed by atoms with Crippen molar-refractivity contribution in [1.29, 1.82) is 0 Å². The van der Waals surface area contributed by atoms with E-state index in [1.54, 1.807) is 20.8 Å². The van der Waals surface area contributed by atoms with Crippen LogP contribution in [0.1, 0.15) is 127 Å². The summed E-state index contributed by atoms with van der Waals surface area (Å²) in [6.07, 6.45) is 8.12. The summed E-state index contributed by atoms with van der Waals surface area (Å²) in [7, 11) is -15.5. The highest BCUT2D eigenvalue weighted by molar-refractivity contribution is 7.92. The number of benzene rings is 2. The summed E-state index contributed by atoms with van der Waals surface area (Å²) >= 11 is 0. The molecule has 0 amide bonds. The summed E-state index contributed by atoms with van der Waals surface area (Å²) in [4.78, 5) is 78.5. The van der Waals surface area contributed by atoms with E-state index in [0.717, 1.165) is 58.5 Å². The number of aryl methyl sites for hydroxylation is 2. The van der Waals surface area contributed by atoms with E-state index in [0.29, 0.717) is 71.8 Å². The smallest absolute Gasteiger partial charge is 0.347 e. The second-order valence-electron chi connectivity index (χ2n) is 23.9. The summed E-state index contributed by atoms with van der Waals surface area (Å²) in [5, 5.41) is 29.2. The van der Waals surface area contributed by atoms with Crippen LogP contribution in [-0.2, 0) is 81.5 Å². The number of nitrogens with one attached hydrogen (secondary N) is 3. The molecular weight excluding hydrogens is 1400 g/mol. The van der Waals surface area contributed by atoms with E-state index in [9.17, 15) is 85.8 Å². The molecule has 0 bridgehead atoms. The number of nitrogen functional groups attached to an aromatic ring is 1. The van der Waals surface area contributed by atoms with Crippen LogP contribution in [0.2, 0.25) is 0 Å². The fourth-order valence-electron chi connectivity index (χ4n) is 9.84. The fourth-order valence-corrected chi connectivity index (χ4v) is 12.8. The lowest BCUT2D eigenvalue weighted by molar-refractivity contribution is -0.164. The monoisotopic (exact) mass is 1480 g/mol. The van der Waals surface area contributed by atoms with E-state index in [2.05, 4.69) is 24.1 Å². The number of nitrogens with zero attached hydrogens (tertiary/aromatic N) is 4. The molecule has 0 fully saturated rings. The first-order valence-electron chi connectivity index (χ1n) is 30.9. The SMILES string of the molecule is CC(C)CCc1c(O)c(C2=NS(=O)(=O)c3cc(NS(C)(=O)=O)ccc3N2)c(=O)n2cc(F)ccc12.CCOC(=O)C(C(=O)OCC)C(=O)C(CCC(C)C)c1ccc(F)cn1.CCOC(=O)c1c(O)c(CCC(C)C)c2ccc(F)cn2c1=O.CS(=O)(=O)Nc1ccc(N)c(S(N)(=O)=O)c1. The maximum Gasteiger partial charge on any atom is 0.347 e. The number of pyridine rings is 5. The van der Waals surface area contributed by atoms with Gasteiger partial charge in [-0.3, -0.25) is 47.2 Å². The van der Waals surface area contributed by atoms with Gasteiger partial charge in [0.05, 0.1) is 72.5 Å². The van der Waals surface area contributed by atoms with E-state index in [1.807, 2.05) is 41.5 Å². The number of halogens is 3. The summed E-state index contributed by atoms with van der Waals surface area (Å²) < 4.78 is 158. The first-order valence-corrected chi connectivity index (χ1v) is 37.7. The minimum Gasteiger partial charge on any atom is -0.507 e. The van der Waals surface area contributed by atoms with Crippen molar-refractivity contribution >= 4 is 103 Å². The molecule has 2 aromatic carbocycles. The number of hydrogen-bond acceptors (Lipinski definition) is 22. The van der Waals surface area contributed by atoms with Gasteiger partial charge in [0.2, 0.25) is 36.0 Å². The highest BCUT2D eigenvalue weighted by Gasteiger charge is 2.42. The van der Waals surface area contributed by atoms with Gasteiger partial charge in [0.1, 0.15) is 44.3 Å². The number of carbonyl (C=O) groups excluding carboxylic acids is 4. The Morgan fingerprint density at radius 1 is 0.640 bits per heavy atom. The van der Waals surface area contributed by atoms with E-state index in [-0.39, 0.29) is 64.0 Å². The molecule has 35 heteroatoms. The molecule has 0 aliphatic carbocycles. The lowest BCUT2D eigenvalue weighted by Crippen LogP contribution is -2.38. The number of primary sulfonamides is 1. The molecule has 28 nitrogen and oxygen atoms in total. The molecule has 0 spiro atoms. The topological polar surface area (TPSA) is 429 Å². The zero-order valence-corrected chi connectivity index (χ0v) is 59.7. The molecule has 8 rings (SSSR count). The van der Waals surface area contributed by atoms with Crippen molar-refractivity contribution in [3.05, 3.63) is 157 Å². The number of ether oxygens (including phenoxy) is 3. The van der Waals surface area contributed by atoms with Gasteiger partial charge in [0.15, 0.2) is 17.2 Å². The predicted molar refractivity (Wildman–Crippen MR) is 369 cm³/mol. The van der Waals surface area contributed by atoms with Crippen molar-refractivity contribution in [2.45, 2.75) is 117 Å². The van der Waals surface area contributed by atoms with Crippen LogP contribution in [0, 0.1) is 41.1 Å². The molecule has 1 unspecified atom stereocenters. The van der Waals surface area contributed by atoms with Gasteiger partial charge < -0.3 is 35.5 Å². The molecule has 6 heterocycles. The average molecular weight is 1480 g/mol. The Kier molecular flexibility index (Phi) is 28.1. The van der Waals surface area contributed by atoms with Gasteiger partial charge in [-0.15, -0.1) is 4.40 Å². The van der Waals surface area contributed by atoms with E-state index < -0.39 is 127 Å². The number of amidine groups is 1. The number of Topliss-reactive ketones (excluding diaryl/α,β-unsaturated/α-hetero) is 1. The van der Waals surface area contributed by atoms with Gasteiger partial charge in [-0.25, -0.2) is 48.4 Å². The van der Waals surface area contributed by atoms with Crippen molar-refractivity contribution in [2.24, 2.45) is 33.2 Å². The lowest BCUT2D eigenvalue weighted by Gasteiger charge is -2.21.